The summed E-state index contributed by atoms with van der Waals surface area (Å²) in [4.78, 5) is 14.7. The van der Waals surface area contributed by atoms with Crippen molar-refractivity contribution in [3.8, 4) is 0 Å². The lowest BCUT2D eigenvalue weighted by atomic mass is 10.0. The number of aliphatic imine (C=N–C) groups is 1. The van der Waals surface area contributed by atoms with Crippen LogP contribution in [0.2, 0.25) is 0 Å². The highest BCUT2D eigenvalue weighted by atomic mass is 35.7. The van der Waals surface area contributed by atoms with Gasteiger partial charge in [0.15, 0.2) is 17.2 Å². The molecule has 0 saturated carbocycles. The molecule has 8 heteroatoms. The summed E-state index contributed by atoms with van der Waals surface area (Å²) in [5.74, 6) is -0.822. The van der Waals surface area contributed by atoms with Gasteiger partial charge in [-0.1, -0.05) is 4.99 Å². The van der Waals surface area contributed by atoms with Crippen LogP contribution in [0.15, 0.2) is 28.8 Å². The van der Waals surface area contributed by atoms with E-state index >= 15 is 0 Å². The van der Waals surface area contributed by atoms with Gasteiger partial charge in [-0.25, -0.2) is 0 Å². The second-order valence-corrected chi connectivity index (χ2v) is 5.49. The Kier molecular flexibility index (Phi) is 2.45. The molecule has 1 aliphatic carbocycles. The lowest BCUT2D eigenvalue weighted by molar-refractivity contribution is -0.342. The zero-order valence-corrected chi connectivity index (χ0v) is 9.12. The smallest absolute Gasteiger partial charge is 0.314 e. The Hall–Kier alpha value is -1.44. The van der Waals surface area contributed by atoms with Crippen molar-refractivity contribution < 1.29 is 18.3 Å². The monoisotopic (exact) mass is 258 g/mol. The Morgan fingerprint density at radius 2 is 2.19 bits per heavy atom. The van der Waals surface area contributed by atoms with Crippen molar-refractivity contribution in [2.45, 2.75) is 0 Å². The summed E-state index contributed by atoms with van der Waals surface area (Å²) in [6.45, 7) is 0. The summed E-state index contributed by atoms with van der Waals surface area (Å²) in [6, 6.07) is 0. The average molecular weight is 259 g/mol. The summed E-state index contributed by atoms with van der Waals surface area (Å²) in [6.07, 6.45) is 2.53. The van der Waals surface area contributed by atoms with Crippen LogP contribution < -0.4 is 5.11 Å². The van der Waals surface area contributed by atoms with Crippen molar-refractivity contribution in [2.24, 2.45) is 4.99 Å². The van der Waals surface area contributed by atoms with Gasteiger partial charge in [-0.3, -0.25) is 4.79 Å². The van der Waals surface area contributed by atoms with E-state index in [1.54, 1.807) is 0 Å². The van der Waals surface area contributed by atoms with Crippen LogP contribution in [0.1, 0.15) is 0 Å². The zero-order chi connectivity index (χ0) is 11.9. The molecule has 16 heavy (non-hydrogen) atoms. The van der Waals surface area contributed by atoms with E-state index in [0.29, 0.717) is 0 Å². The van der Waals surface area contributed by atoms with Crippen molar-refractivity contribution in [1.82, 2.24) is 0 Å². The van der Waals surface area contributed by atoms with Crippen molar-refractivity contribution in [2.75, 3.05) is 0 Å². The van der Waals surface area contributed by atoms with Crippen LogP contribution in [0.5, 0.6) is 0 Å². The lowest BCUT2D eigenvalue weighted by Gasteiger charge is -2.25. The van der Waals surface area contributed by atoms with Crippen LogP contribution in [-0.2, 0) is 13.8 Å². The molecule has 0 saturated heterocycles. The maximum Gasteiger partial charge on any atom is 0.314 e. The molecule has 0 N–H and O–H groups in total. The molecule has 1 amide bonds. The number of nitrogens with zero attached hydrogens (tertiary/aromatic N) is 2. The second-order valence-electron chi connectivity index (χ2n) is 2.93. The Bertz CT molecular complexity index is 534. The molecule has 0 aromatic rings. The van der Waals surface area contributed by atoms with Crippen LogP contribution in [-0.4, -0.2) is 20.0 Å². The fraction of sp³-hybridized carbons (Fsp3) is 0. The van der Waals surface area contributed by atoms with E-state index in [4.69, 9.17) is 10.7 Å². The molecule has 0 bridgehead atoms. The number of amides is 1. The minimum absolute atomic E-state index is 0.0543. The molecule has 0 radical (unpaired) electrons. The molecule has 2 rings (SSSR count). The van der Waals surface area contributed by atoms with E-state index in [2.05, 4.69) is 10.3 Å². The molecular formula is C8H3ClN2O4S. The van der Waals surface area contributed by atoms with Gasteiger partial charge < -0.3 is 10.4 Å². The molecule has 0 aromatic carbocycles. The Morgan fingerprint density at radius 1 is 1.50 bits per heavy atom. The first kappa shape index (κ1) is 11.1. The number of hydrogen-bond donors (Lipinski definition) is 0. The standard InChI is InChI=1S/C8H3ClN2O4S/c9-16(14,15)4-1-2-6-5(3-4)7(12)11-8(13)10-6/h1-3H. The average Bonchev–Trinajstić information content (AvgIpc) is 2.15. The highest BCUT2D eigenvalue weighted by Gasteiger charge is 2.38. The van der Waals surface area contributed by atoms with Crippen molar-refractivity contribution >= 4 is 31.4 Å². The molecule has 6 nitrogen and oxygen atoms in total. The molecule has 1 heterocycles. The highest BCUT2D eigenvalue weighted by Crippen LogP contribution is 2.29. The van der Waals surface area contributed by atoms with Crippen LogP contribution >= 0.6 is 10.7 Å². The molecule has 0 aromatic heterocycles. The molecule has 0 spiro atoms. The molecule has 0 atom stereocenters. The zero-order valence-electron chi connectivity index (χ0n) is 7.55. The normalized spacial score (nSPS) is 20.0. The van der Waals surface area contributed by atoms with E-state index < -0.39 is 21.3 Å². The maximum atomic E-state index is 11.3. The minimum atomic E-state index is -3.92. The van der Waals surface area contributed by atoms with E-state index in [9.17, 15) is 18.3 Å². The summed E-state index contributed by atoms with van der Waals surface area (Å²) in [7, 11) is 1.19. The van der Waals surface area contributed by atoms with Gasteiger partial charge in [-0.2, -0.15) is 8.42 Å². The predicted molar refractivity (Wildman–Crippen MR) is 54.3 cm³/mol. The number of halogens is 1. The third-order valence-electron chi connectivity index (χ3n) is 1.89. The quantitative estimate of drug-likeness (QED) is 0.478. The molecular weight excluding hydrogens is 256 g/mol. The van der Waals surface area contributed by atoms with E-state index in [1.165, 1.54) is 6.08 Å². The number of rotatable bonds is 1. The van der Waals surface area contributed by atoms with Gasteiger partial charge in [-0.05, 0) is 0 Å². The topological polar surface area (TPSA) is 101 Å². The van der Waals surface area contributed by atoms with Crippen LogP contribution in [0, 0.1) is 11.6 Å². The van der Waals surface area contributed by atoms with Gasteiger partial charge in [0.1, 0.15) is 6.08 Å². The second kappa shape index (κ2) is 3.55. The van der Waals surface area contributed by atoms with Crippen molar-refractivity contribution in [3.05, 3.63) is 40.7 Å². The predicted octanol–water partition coefficient (Wildman–Crippen LogP) is -0.255. The van der Waals surface area contributed by atoms with Gasteiger partial charge >= 0.3 is 14.8 Å². The summed E-state index contributed by atoms with van der Waals surface area (Å²) in [5, 5.41) is 13.6. The molecule has 0 fully saturated rings. The summed E-state index contributed by atoms with van der Waals surface area (Å²) >= 11 is 0. The largest absolute Gasteiger partial charge is 0.730 e. The summed E-state index contributed by atoms with van der Waals surface area (Å²) in [5.41, 5.74) is 0.0374. The van der Waals surface area contributed by atoms with Gasteiger partial charge in [0.2, 0.25) is 5.57 Å². The Morgan fingerprint density at radius 3 is 2.81 bits per heavy atom. The number of carbonyl (C=O) groups is 1. The minimum Gasteiger partial charge on any atom is -0.730 e. The first-order valence-corrected chi connectivity index (χ1v) is 6.29. The molecule has 2 aliphatic rings. The van der Waals surface area contributed by atoms with Crippen LogP contribution in [0.3, 0.4) is 0 Å². The fourth-order valence-corrected chi connectivity index (χ4v) is 1.99. The summed E-state index contributed by atoms with van der Waals surface area (Å²) < 4.78 is 22.0. The Labute approximate surface area is 95.7 Å². The number of hydrogen-bond acceptors (Lipinski definition) is 5. The first-order chi connectivity index (χ1) is 7.38. The molecule has 82 valence electrons. The first-order valence-electron chi connectivity index (χ1n) is 3.98. The van der Waals surface area contributed by atoms with E-state index in [1.807, 2.05) is 0 Å². The van der Waals surface area contributed by atoms with Crippen molar-refractivity contribution in [1.29, 1.82) is 0 Å². The maximum absolute atomic E-state index is 11.3. The number of fused-ring (bicyclic) bond motifs is 1. The van der Waals surface area contributed by atoms with Gasteiger partial charge in [-0.15, -0.1) is 0 Å². The van der Waals surface area contributed by atoms with Gasteiger partial charge in [0.25, 0.3) is 0 Å². The third kappa shape index (κ3) is 1.92. The Balaban J connectivity index is 2.45. The van der Waals surface area contributed by atoms with Gasteiger partial charge in [0, 0.05) is 17.0 Å². The number of allylic oxidation sites excluding steroid dienone is 1. The van der Waals surface area contributed by atoms with E-state index in [-0.39, 0.29) is 16.5 Å². The molecule has 1 aliphatic heterocycles. The number of carbonyl (C=O) groups excluding carboxylic acids is 1. The van der Waals surface area contributed by atoms with Gasteiger partial charge in [0.05, 0.1) is 6.08 Å². The van der Waals surface area contributed by atoms with Crippen molar-refractivity contribution in [3.63, 3.8) is 0 Å². The van der Waals surface area contributed by atoms with E-state index in [0.717, 1.165) is 12.2 Å². The third-order valence-corrected chi connectivity index (χ3v) is 3.24. The lowest BCUT2D eigenvalue weighted by Crippen LogP contribution is -2.27. The molecule has 0 unspecified atom stereocenters. The highest BCUT2D eigenvalue weighted by molar-refractivity contribution is 8.16. The SMILES string of the molecule is O=C1[N-][C+]([O-])N=C2C=C[C+](S(=O)(=O)Cl)C=C12. The van der Waals surface area contributed by atoms with Crippen LogP contribution in [0.25, 0.3) is 5.32 Å². The fourth-order valence-electron chi connectivity index (χ4n) is 1.21. The van der Waals surface area contributed by atoms with Crippen LogP contribution in [0.4, 0.5) is 0 Å².